The first-order chi connectivity index (χ1) is 4.57. The first kappa shape index (κ1) is 9.45. The highest BCUT2D eigenvalue weighted by molar-refractivity contribution is 6.44. The lowest BCUT2D eigenvalue weighted by Crippen LogP contribution is -2.43. The van der Waals surface area contributed by atoms with E-state index >= 15 is 0 Å². The molecule has 4 nitrogen and oxygen atoms in total. The zero-order valence-electron chi connectivity index (χ0n) is 6.03. The molecule has 2 unspecified atom stereocenters. The molecule has 57 valence electrons. The topological polar surface area (TPSA) is 69.6 Å². The number of aliphatic hydroxyl groups excluding tert-OH is 1. The molecular formula is C5H11BNO3. The predicted molar refractivity (Wildman–Crippen MR) is 37.9 cm³/mol. The Labute approximate surface area is 60.5 Å². The van der Waals surface area contributed by atoms with Crippen molar-refractivity contribution in [1.29, 1.82) is 0 Å². The highest BCUT2D eigenvalue weighted by Gasteiger charge is 2.18. The fraction of sp³-hybridized carbons (Fsp3) is 0.800. The van der Waals surface area contributed by atoms with E-state index in [-0.39, 0.29) is 0 Å². The molecular weight excluding hydrogens is 133 g/mol. The summed E-state index contributed by atoms with van der Waals surface area (Å²) in [5, 5.41) is 19.7. The Balaban J connectivity index is 3.72. The molecule has 0 saturated heterocycles. The van der Waals surface area contributed by atoms with Crippen LogP contribution in [0.2, 0.25) is 0 Å². The number of carboxylic acid groups (broad SMARTS) is 1. The summed E-state index contributed by atoms with van der Waals surface area (Å²) < 4.78 is 0. The summed E-state index contributed by atoms with van der Waals surface area (Å²) in [5.74, 6) is -1.75. The van der Waals surface area contributed by atoms with Gasteiger partial charge in [0.1, 0.15) is 0 Å². The summed E-state index contributed by atoms with van der Waals surface area (Å²) >= 11 is 0. The molecule has 0 saturated carbocycles. The van der Waals surface area contributed by atoms with Crippen molar-refractivity contribution in [3.05, 3.63) is 0 Å². The quantitative estimate of drug-likeness (QED) is 0.427. The van der Waals surface area contributed by atoms with Crippen LogP contribution in [0, 0.1) is 0 Å². The van der Waals surface area contributed by atoms with Gasteiger partial charge in [0.2, 0.25) is 0 Å². The van der Waals surface area contributed by atoms with Gasteiger partial charge in [-0.1, -0.05) is 0 Å². The minimum absolute atomic E-state index is 0.700. The SMILES string of the molecule is CNC([B]C(C)O)C(=O)O. The van der Waals surface area contributed by atoms with Crippen LogP contribution in [0.4, 0.5) is 0 Å². The van der Waals surface area contributed by atoms with Crippen molar-refractivity contribution >= 4 is 13.2 Å². The Morgan fingerprint density at radius 3 is 2.30 bits per heavy atom. The van der Waals surface area contributed by atoms with E-state index in [0.29, 0.717) is 0 Å². The van der Waals surface area contributed by atoms with Gasteiger partial charge in [0.15, 0.2) is 7.28 Å². The zero-order chi connectivity index (χ0) is 8.15. The van der Waals surface area contributed by atoms with Crippen LogP contribution in [-0.4, -0.2) is 42.5 Å². The van der Waals surface area contributed by atoms with Crippen molar-refractivity contribution in [1.82, 2.24) is 5.32 Å². The second-order valence-electron chi connectivity index (χ2n) is 2.04. The zero-order valence-corrected chi connectivity index (χ0v) is 6.03. The number of carboxylic acids is 1. The molecule has 5 heteroatoms. The van der Waals surface area contributed by atoms with Gasteiger partial charge in [-0.2, -0.15) is 0 Å². The summed E-state index contributed by atoms with van der Waals surface area (Å²) in [5.41, 5.74) is 0. The van der Waals surface area contributed by atoms with E-state index in [9.17, 15) is 4.79 Å². The van der Waals surface area contributed by atoms with E-state index in [4.69, 9.17) is 10.2 Å². The van der Waals surface area contributed by atoms with Gasteiger partial charge in [0, 0.05) is 6.00 Å². The number of hydrogen-bond acceptors (Lipinski definition) is 3. The lowest BCUT2D eigenvalue weighted by atomic mass is 9.64. The molecule has 0 heterocycles. The molecule has 0 aromatic rings. The minimum Gasteiger partial charge on any atom is -0.481 e. The van der Waals surface area contributed by atoms with Crippen LogP contribution in [0.5, 0.6) is 0 Å². The molecule has 0 aromatic carbocycles. The van der Waals surface area contributed by atoms with Gasteiger partial charge < -0.3 is 15.5 Å². The number of rotatable bonds is 4. The van der Waals surface area contributed by atoms with Gasteiger partial charge in [-0.25, -0.2) is 0 Å². The number of carbonyl (C=O) groups is 1. The summed E-state index contributed by atoms with van der Waals surface area (Å²) in [7, 11) is 2.83. The number of aliphatic carboxylic acids is 1. The third-order valence-corrected chi connectivity index (χ3v) is 1.05. The largest absolute Gasteiger partial charge is 0.481 e. The molecule has 0 spiro atoms. The Morgan fingerprint density at radius 1 is 1.70 bits per heavy atom. The number of nitrogens with one attached hydrogen (secondary N) is 1. The maximum atomic E-state index is 10.3. The summed E-state index contributed by atoms with van der Waals surface area (Å²) in [6, 6.07) is -0.700. The average Bonchev–Trinajstić information content (AvgIpc) is 1.81. The van der Waals surface area contributed by atoms with Gasteiger partial charge in [0.25, 0.3) is 0 Å². The van der Waals surface area contributed by atoms with Crippen LogP contribution >= 0.6 is 0 Å². The molecule has 1 radical (unpaired) electrons. The highest BCUT2D eigenvalue weighted by atomic mass is 16.4. The molecule has 0 aliphatic carbocycles. The van der Waals surface area contributed by atoms with Crippen molar-refractivity contribution < 1.29 is 15.0 Å². The maximum Gasteiger partial charge on any atom is 0.312 e. The summed E-state index contributed by atoms with van der Waals surface area (Å²) in [4.78, 5) is 10.3. The van der Waals surface area contributed by atoms with Crippen LogP contribution in [0.3, 0.4) is 0 Å². The Morgan fingerprint density at radius 2 is 2.20 bits per heavy atom. The van der Waals surface area contributed by atoms with E-state index in [1.165, 1.54) is 21.3 Å². The van der Waals surface area contributed by atoms with Crippen LogP contribution in [0.1, 0.15) is 6.92 Å². The van der Waals surface area contributed by atoms with Gasteiger partial charge in [-0.3, -0.25) is 4.79 Å². The van der Waals surface area contributed by atoms with E-state index in [1.54, 1.807) is 0 Å². The van der Waals surface area contributed by atoms with Gasteiger partial charge in [-0.05, 0) is 14.0 Å². The Kier molecular flexibility index (Phi) is 4.06. The fourth-order valence-electron chi connectivity index (χ4n) is 0.581. The van der Waals surface area contributed by atoms with Gasteiger partial charge in [-0.15, -0.1) is 0 Å². The van der Waals surface area contributed by atoms with Crippen LogP contribution < -0.4 is 5.32 Å². The third kappa shape index (κ3) is 3.47. The molecule has 0 aliphatic heterocycles. The molecule has 0 bridgehead atoms. The van der Waals surface area contributed by atoms with E-state index in [0.717, 1.165) is 0 Å². The maximum absolute atomic E-state index is 10.3. The minimum atomic E-state index is -0.983. The Hall–Kier alpha value is -0.545. The van der Waals surface area contributed by atoms with Crippen molar-refractivity contribution in [2.75, 3.05) is 7.05 Å². The van der Waals surface area contributed by atoms with Crippen LogP contribution in [-0.2, 0) is 4.79 Å². The number of aliphatic hydroxyl groups is 1. The summed E-state index contributed by atoms with van der Waals surface area (Å²) in [6.45, 7) is 1.51. The number of likely N-dealkylation sites (N-methyl/N-ethyl adjacent to an activating group) is 1. The second-order valence-corrected chi connectivity index (χ2v) is 2.04. The standard InChI is InChI=1S/C5H11BNO3/c1-3(8)6-4(7-2)5(9)10/h3-4,7-8H,1-2H3,(H,9,10). The second kappa shape index (κ2) is 4.30. The first-order valence-electron chi connectivity index (χ1n) is 3.01. The van der Waals surface area contributed by atoms with Crippen LogP contribution in [0.15, 0.2) is 0 Å². The van der Waals surface area contributed by atoms with Gasteiger partial charge in [0.05, 0.1) is 5.94 Å². The van der Waals surface area contributed by atoms with Crippen molar-refractivity contribution in [3.63, 3.8) is 0 Å². The molecule has 0 aliphatic rings. The lowest BCUT2D eigenvalue weighted by Gasteiger charge is -2.10. The Bertz CT molecular complexity index is 117. The predicted octanol–water partition coefficient (Wildman–Crippen LogP) is -1.34. The molecule has 3 N–H and O–H groups in total. The van der Waals surface area contributed by atoms with E-state index in [1.807, 2.05) is 0 Å². The molecule has 0 rings (SSSR count). The fourth-order valence-corrected chi connectivity index (χ4v) is 0.581. The van der Waals surface area contributed by atoms with Gasteiger partial charge >= 0.3 is 5.97 Å². The first-order valence-corrected chi connectivity index (χ1v) is 3.01. The molecule has 2 atom stereocenters. The highest BCUT2D eigenvalue weighted by Crippen LogP contribution is 1.84. The summed E-state index contributed by atoms with van der Waals surface area (Å²) in [6.07, 6.45) is 0. The average molecular weight is 144 g/mol. The molecule has 0 aromatic heterocycles. The monoisotopic (exact) mass is 144 g/mol. The van der Waals surface area contributed by atoms with Crippen LogP contribution in [0.25, 0.3) is 0 Å². The smallest absolute Gasteiger partial charge is 0.312 e. The van der Waals surface area contributed by atoms with E-state index < -0.39 is 17.9 Å². The molecule has 10 heavy (non-hydrogen) atoms. The van der Waals surface area contributed by atoms with Crippen molar-refractivity contribution in [2.45, 2.75) is 18.9 Å². The third-order valence-electron chi connectivity index (χ3n) is 1.05. The van der Waals surface area contributed by atoms with E-state index in [2.05, 4.69) is 5.32 Å². The van der Waals surface area contributed by atoms with Crippen molar-refractivity contribution in [2.24, 2.45) is 0 Å². The number of hydrogen-bond donors (Lipinski definition) is 3. The molecule has 0 fully saturated rings. The molecule has 0 amide bonds. The normalized spacial score (nSPS) is 15.9. The van der Waals surface area contributed by atoms with Crippen molar-refractivity contribution in [3.8, 4) is 0 Å². The lowest BCUT2D eigenvalue weighted by molar-refractivity contribution is -0.137.